The van der Waals surface area contributed by atoms with Gasteiger partial charge in [-0.25, -0.2) is 0 Å². The van der Waals surface area contributed by atoms with Crippen molar-refractivity contribution >= 4 is 43.6 Å². The summed E-state index contributed by atoms with van der Waals surface area (Å²) in [5.74, 6) is 0.134. The van der Waals surface area contributed by atoms with Gasteiger partial charge in [0.1, 0.15) is 46.7 Å². The Morgan fingerprint density at radius 3 is 1.95 bits per heavy atom. The average molecular weight is 569 g/mol. The number of aromatic hydroxyl groups is 2. The first-order chi connectivity index (χ1) is 19.1. The predicted molar refractivity (Wildman–Crippen MR) is 144 cm³/mol. The number of azo groups is 2. The highest BCUT2D eigenvalue weighted by Crippen LogP contribution is 2.44. The Morgan fingerprint density at radius 1 is 0.775 bits per heavy atom. The van der Waals surface area contributed by atoms with Crippen LogP contribution in [0.3, 0.4) is 0 Å². The van der Waals surface area contributed by atoms with Crippen LogP contribution in [0.1, 0.15) is 0 Å². The third kappa shape index (κ3) is 6.26. The second-order valence-electron chi connectivity index (χ2n) is 8.11. The molecule has 0 aliphatic carbocycles. The maximum atomic E-state index is 11.4. The lowest BCUT2D eigenvalue weighted by atomic mass is 10.1. The van der Waals surface area contributed by atoms with Gasteiger partial charge in [-0.3, -0.25) is 4.55 Å². The van der Waals surface area contributed by atoms with E-state index < -0.39 is 26.5 Å². The molecule has 0 aromatic heterocycles. The Balaban J connectivity index is 1.64. The number of fused-ring (bicyclic) bond motifs is 1. The first-order valence-corrected chi connectivity index (χ1v) is 13.0. The Kier molecular flexibility index (Phi) is 8.43. The van der Waals surface area contributed by atoms with Gasteiger partial charge in [0.25, 0.3) is 10.1 Å². The Morgan fingerprint density at radius 2 is 1.38 bits per heavy atom. The van der Waals surface area contributed by atoms with Gasteiger partial charge in [-0.2, -0.15) is 13.5 Å². The number of hydrogen-bond donors (Lipinski definition) is 4. The van der Waals surface area contributed by atoms with Gasteiger partial charge in [0.2, 0.25) is 0 Å². The van der Waals surface area contributed by atoms with Gasteiger partial charge in [-0.1, -0.05) is 6.07 Å². The van der Waals surface area contributed by atoms with Crippen LogP contribution in [0.25, 0.3) is 10.8 Å². The van der Waals surface area contributed by atoms with E-state index in [1.807, 2.05) is 0 Å². The molecular formula is C26H24N4O9S. The minimum atomic E-state index is -4.57. The maximum absolute atomic E-state index is 11.4. The predicted octanol–water partition coefficient (Wildman–Crippen LogP) is 5.72. The van der Waals surface area contributed by atoms with Crippen LogP contribution in [-0.4, -0.2) is 55.7 Å². The monoisotopic (exact) mass is 568 g/mol. The number of ether oxygens (including phenoxy) is 3. The number of aliphatic hydroxyl groups excluding tert-OH is 1. The second kappa shape index (κ2) is 11.9. The van der Waals surface area contributed by atoms with Gasteiger partial charge in [0.15, 0.2) is 5.75 Å². The van der Waals surface area contributed by atoms with Crippen molar-refractivity contribution < 1.29 is 42.5 Å². The minimum Gasteiger partial charge on any atom is -0.507 e. The summed E-state index contributed by atoms with van der Waals surface area (Å²) in [6.07, 6.45) is 0. The van der Waals surface area contributed by atoms with E-state index in [1.54, 1.807) is 30.3 Å². The number of phenols is 2. The highest BCUT2D eigenvalue weighted by atomic mass is 32.2. The standard InChI is InChI=1S/C26H24N4O9S/c1-37-23-14-21(24(38-2)13-20(23)29-27-16-4-6-17(7-5-16)39-10-9-31)30-28-19-8-3-15-11-18(40(34,35)36)12-22(32)25(15)26(19)33/h3-8,11-14,31-33H,9-10H2,1-2H3,(H,34,35,36). The van der Waals surface area contributed by atoms with Crippen molar-refractivity contribution in [3.63, 3.8) is 0 Å². The fourth-order valence-corrected chi connectivity index (χ4v) is 4.17. The molecule has 0 saturated heterocycles. The summed E-state index contributed by atoms with van der Waals surface area (Å²) >= 11 is 0. The van der Waals surface area contributed by atoms with Gasteiger partial charge in [-0.15, -0.1) is 15.3 Å². The summed E-state index contributed by atoms with van der Waals surface area (Å²) in [6.45, 7) is 0.0918. The molecule has 4 aromatic carbocycles. The van der Waals surface area contributed by atoms with Gasteiger partial charge in [-0.05, 0) is 41.8 Å². The largest absolute Gasteiger partial charge is 0.507 e. The number of aliphatic hydroxyl groups is 1. The summed E-state index contributed by atoms with van der Waals surface area (Å²) in [7, 11) is -1.71. The lowest BCUT2D eigenvalue weighted by Gasteiger charge is -2.10. The third-order valence-corrected chi connectivity index (χ3v) is 6.37. The SMILES string of the molecule is COc1cc(N=Nc2ccc3cc(S(=O)(=O)O)cc(O)c3c2O)c(OC)cc1N=Nc1ccc(OCCO)cc1. The highest BCUT2D eigenvalue weighted by Gasteiger charge is 2.17. The zero-order valence-corrected chi connectivity index (χ0v) is 22.0. The van der Waals surface area contributed by atoms with Crippen LogP contribution >= 0.6 is 0 Å². The van der Waals surface area contributed by atoms with E-state index in [-0.39, 0.29) is 41.1 Å². The van der Waals surface area contributed by atoms with Crippen LogP contribution in [0, 0.1) is 0 Å². The van der Waals surface area contributed by atoms with Crippen molar-refractivity contribution in [2.24, 2.45) is 20.5 Å². The number of rotatable bonds is 10. The molecule has 0 aliphatic heterocycles. The summed E-state index contributed by atoms with van der Waals surface area (Å²) in [6, 6.07) is 14.5. The van der Waals surface area contributed by atoms with E-state index in [1.165, 1.54) is 32.4 Å². The van der Waals surface area contributed by atoms with E-state index in [9.17, 15) is 23.2 Å². The molecule has 0 spiro atoms. The second-order valence-corrected chi connectivity index (χ2v) is 9.53. The van der Waals surface area contributed by atoms with Crippen molar-refractivity contribution in [2.75, 3.05) is 27.4 Å². The molecule has 40 heavy (non-hydrogen) atoms. The molecule has 0 atom stereocenters. The molecule has 0 heterocycles. The van der Waals surface area contributed by atoms with Crippen LogP contribution in [0.15, 0.2) is 86.0 Å². The molecule has 4 rings (SSSR count). The Hall–Kier alpha value is -4.79. The van der Waals surface area contributed by atoms with Crippen LogP contribution < -0.4 is 14.2 Å². The molecule has 4 N–H and O–H groups in total. The summed E-state index contributed by atoms with van der Waals surface area (Å²) in [4.78, 5) is -0.524. The summed E-state index contributed by atoms with van der Waals surface area (Å²) in [5, 5.41) is 46.5. The molecule has 14 heteroatoms. The van der Waals surface area contributed by atoms with E-state index in [0.717, 1.165) is 12.1 Å². The highest BCUT2D eigenvalue weighted by molar-refractivity contribution is 7.85. The fraction of sp³-hybridized carbons (Fsp3) is 0.154. The average Bonchev–Trinajstić information content (AvgIpc) is 2.94. The van der Waals surface area contributed by atoms with E-state index in [4.69, 9.17) is 19.3 Å². The molecular weight excluding hydrogens is 544 g/mol. The summed E-state index contributed by atoms with van der Waals surface area (Å²) in [5.41, 5.74) is 1.08. The number of hydrogen-bond acceptors (Lipinski definition) is 12. The van der Waals surface area contributed by atoms with Crippen molar-refractivity contribution in [1.29, 1.82) is 0 Å². The molecule has 0 fully saturated rings. The van der Waals surface area contributed by atoms with Crippen molar-refractivity contribution in [2.45, 2.75) is 4.90 Å². The van der Waals surface area contributed by atoms with Crippen molar-refractivity contribution in [3.8, 4) is 28.7 Å². The quantitative estimate of drug-likeness (QED) is 0.137. The first kappa shape index (κ1) is 28.2. The number of benzene rings is 4. The normalized spacial score (nSPS) is 11.9. The Labute approximate surface area is 228 Å². The zero-order chi connectivity index (χ0) is 28.9. The van der Waals surface area contributed by atoms with Crippen molar-refractivity contribution in [1.82, 2.24) is 0 Å². The van der Waals surface area contributed by atoms with Crippen molar-refractivity contribution in [3.05, 3.63) is 60.7 Å². The fourth-order valence-electron chi connectivity index (χ4n) is 3.63. The number of nitrogens with zero attached hydrogens (tertiary/aromatic N) is 4. The van der Waals surface area contributed by atoms with Crippen LogP contribution in [0.2, 0.25) is 0 Å². The molecule has 0 aliphatic rings. The molecule has 4 aromatic rings. The maximum Gasteiger partial charge on any atom is 0.294 e. The lowest BCUT2D eigenvalue weighted by molar-refractivity contribution is 0.201. The molecule has 0 unspecified atom stereocenters. The minimum absolute atomic E-state index is 0.0291. The van der Waals surface area contributed by atoms with Gasteiger partial charge in [0.05, 0.1) is 36.8 Å². The number of methoxy groups -OCH3 is 2. The van der Waals surface area contributed by atoms with Gasteiger partial charge < -0.3 is 29.5 Å². The molecule has 0 radical (unpaired) electrons. The van der Waals surface area contributed by atoms with Gasteiger partial charge >= 0.3 is 0 Å². The third-order valence-electron chi connectivity index (χ3n) is 5.54. The number of phenolic OH excluding ortho intramolecular Hbond substituents is 2. The van der Waals surface area contributed by atoms with E-state index in [2.05, 4.69) is 20.5 Å². The topological polar surface area (TPSA) is 192 Å². The van der Waals surface area contributed by atoms with Crippen LogP contribution in [-0.2, 0) is 10.1 Å². The molecule has 208 valence electrons. The lowest BCUT2D eigenvalue weighted by Crippen LogP contribution is -2.00. The van der Waals surface area contributed by atoms with Crippen LogP contribution in [0.5, 0.6) is 28.7 Å². The first-order valence-electron chi connectivity index (χ1n) is 11.5. The van der Waals surface area contributed by atoms with Crippen LogP contribution in [0.4, 0.5) is 22.7 Å². The Bertz CT molecular complexity index is 1710. The van der Waals surface area contributed by atoms with E-state index in [0.29, 0.717) is 22.9 Å². The molecule has 0 amide bonds. The van der Waals surface area contributed by atoms with E-state index >= 15 is 0 Å². The zero-order valence-electron chi connectivity index (χ0n) is 21.2. The summed E-state index contributed by atoms with van der Waals surface area (Å²) < 4.78 is 48.3. The smallest absolute Gasteiger partial charge is 0.294 e. The molecule has 13 nitrogen and oxygen atoms in total. The van der Waals surface area contributed by atoms with Gasteiger partial charge in [0, 0.05) is 18.2 Å². The molecule has 0 bridgehead atoms. The molecule has 0 saturated carbocycles.